The van der Waals surface area contributed by atoms with E-state index in [9.17, 15) is 5.26 Å². The van der Waals surface area contributed by atoms with Gasteiger partial charge in [0.25, 0.3) is 5.89 Å². The van der Waals surface area contributed by atoms with E-state index in [1.807, 2.05) is 38.3 Å². The SMILES string of the molecule is CC(C)Oc1ccc(-c2nc(-c3cccc4c3CCC4)no2)cc1C#N.CSN. The number of aryl methyl sites for hydroxylation is 1. The number of rotatable bonds is 4. The van der Waals surface area contributed by atoms with Crippen LogP contribution in [0.2, 0.25) is 0 Å². The second kappa shape index (κ2) is 9.59. The summed E-state index contributed by atoms with van der Waals surface area (Å²) in [5.41, 5.74) is 4.89. The Kier molecular flexibility index (Phi) is 6.91. The van der Waals surface area contributed by atoms with E-state index in [-0.39, 0.29) is 6.10 Å². The normalized spacial score (nSPS) is 12.1. The van der Waals surface area contributed by atoms with Gasteiger partial charge in [-0.3, -0.25) is 5.14 Å². The number of nitrogens with two attached hydrogens (primary N) is 1. The first-order chi connectivity index (χ1) is 14.1. The Morgan fingerprint density at radius 3 is 2.76 bits per heavy atom. The molecule has 1 heterocycles. The van der Waals surface area contributed by atoms with Crippen LogP contribution in [-0.4, -0.2) is 22.5 Å². The van der Waals surface area contributed by atoms with Crippen LogP contribution in [0, 0.1) is 11.3 Å². The number of aromatic nitrogens is 2. The second-order valence-electron chi connectivity index (χ2n) is 6.94. The number of hydrogen-bond acceptors (Lipinski definition) is 7. The predicted molar refractivity (Wildman–Crippen MR) is 115 cm³/mol. The first-order valence-electron chi connectivity index (χ1n) is 9.46. The van der Waals surface area contributed by atoms with Gasteiger partial charge in [-0.2, -0.15) is 10.2 Å². The number of ether oxygens (including phenoxy) is 1. The van der Waals surface area contributed by atoms with Gasteiger partial charge in [0.15, 0.2) is 0 Å². The molecule has 0 aliphatic heterocycles. The molecule has 0 atom stereocenters. The van der Waals surface area contributed by atoms with Crippen LogP contribution in [0.1, 0.15) is 37.0 Å². The van der Waals surface area contributed by atoms with Crippen molar-refractivity contribution >= 4 is 11.9 Å². The topological polar surface area (TPSA) is 98.0 Å². The highest BCUT2D eigenvalue weighted by atomic mass is 32.2. The van der Waals surface area contributed by atoms with E-state index in [2.05, 4.69) is 22.3 Å². The number of nitrogens with zero attached hydrogens (tertiary/aromatic N) is 3. The molecule has 7 heteroatoms. The van der Waals surface area contributed by atoms with Gasteiger partial charge in [-0.25, -0.2) is 0 Å². The Morgan fingerprint density at radius 2 is 2.03 bits per heavy atom. The summed E-state index contributed by atoms with van der Waals surface area (Å²) in [5.74, 6) is 1.56. The lowest BCUT2D eigenvalue weighted by Crippen LogP contribution is -2.06. The molecule has 0 radical (unpaired) electrons. The van der Waals surface area contributed by atoms with Gasteiger partial charge in [0.2, 0.25) is 5.82 Å². The van der Waals surface area contributed by atoms with Gasteiger partial charge in [-0.15, -0.1) is 0 Å². The summed E-state index contributed by atoms with van der Waals surface area (Å²) < 4.78 is 11.1. The highest BCUT2D eigenvalue weighted by molar-refractivity contribution is 7.96. The largest absolute Gasteiger partial charge is 0.490 e. The maximum Gasteiger partial charge on any atom is 0.258 e. The van der Waals surface area contributed by atoms with Crippen molar-refractivity contribution in [1.29, 1.82) is 5.26 Å². The van der Waals surface area contributed by atoms with Crippen molar-refractivity contribution in [1.82, 2.24) is 10.1 Å². The molecule has 0 saturated heterocycles. The molecule has 0 bridgehead atoms. The highest BCUT2D eigenvalue weighted by Crippen LogP contribution is 2.32. The first-order valence-corrected chi connectivity index (χ1v) is 10.7. The fraction of sp³-hybridized carbons (Fsp3) is 0.318. The number of nitriles is 1. The van der Waals surface area contributed by atoms with Crippen LogP contribution >= 0.6 is 11.9 Å². The van der Waals surface area contributed by atoms with E-state index >= 15 is 0 Å². The Hall–Kier alpha value is -2.82. The number of fused-ring (bicyclic) bond motifs is 1. The van der Waals surface area contributed by atoms with Crippen molar-refractivity contribution in [2.24, 2.45) is 5.14 Å². The van der Waals surface area contributed by atoms with Gasteiger partial charge in [0.1, 0.15) is 11.8 Å². The molecule has 6 nitrogen and oxygen atoms in total. The molecule has 0 amide bonds. The average Bonchev–Trinajstić information content (AvgIpc) is 3.38. The third kappa shape index (κ3) is 4.78. The Bertz CT molecular complexity index is 1020. The molecule has 1 aliphatic rings. The van der Waals surface area contributed by atoms with Crippen LogP contribution in [-0.2, 0) is 12.8 Å². The summed E-state index contributed by atoms with van der Waals surface area (Å²) in [5, 5.41) is 18.3. The Labute approximate surface area is 175 Å². The van der Waals surface area contributed by atoms with Crippen molar-refractivity contribution < 1.29 is 9.26 Å². The van der Waals surface area contributed by atoms with Gasteiger partial charge < -0.3 is 9.26 Å². The monoisotopic (exact) mass is 408 g/mol. The Balaban J connectivity index is 0.000000755. The van der Waals surface area contributed by atoms with Crippen molar-refractivity contribution in [2.45, 2.75) is 39.2 Å². The lowest BCUT2D eigenvalue weighted by atomic mass is 10.0. The van der Waals surface area contributed by atoms with Crippen LogP contribution < -0.4 is 9.88 Å². The third-order valence-electron chi connectivity index (χ3n) is 4.52. The molecule has 1 aromatic heterocycles. The molecule has 2 N–H and O–H groups in total. The quantitative estimate of drug-likeness (QED) is 0.621. The number of benzene rings is 2. The summed E-state index contributed by atoms with van der Waals surface area (Å²) in [6.07, 6.45) is 5.15. The third-order valence-corrected chi connectivity index (χ3v) is 4.52. The van der Waals surface area contributed by atoms with E-state index in [1.54, 1.807) is 12.1 Å². The van der Waals surface area contributed by atoms with E-state index < -0.39 is 0 Å². The van der Waals surface area contributed by atoms with E-state index in [0.717, 1.165) is 18.4 Å². The van der Waals surface area contributed by atoms with Gasteiger partial charge in [0.05, 0.1) is 11.7 Å². The minimum absolute atomic E-state index is 0.00290. The molecule has 1 aliphatic carbocycles. The maximum absolute atomic E-state index is 9.40. The summed E-state index contributed by atoms with van der Waals surface area (Å²) in [6.45, 7) is 3.86. The molecule has 4 rings (SSSR count). The van der Waals surface area contributed by atoms with Crippen LogP contribution in [0.4, 0.5) is 0 Å². The van der Waals surface area contributed by atoms with Gasteiger partial charge >= 0.3 is 0 Å². The molecule has 29 heavy (non-hydrogen) atoms. The molecule has 0 fully saturated rings. The molecular formula is C22H24N4O2S. The second-order valence-corrected chi connectivity index (χ2v) is 7.42. The summed E-state index contributed by atoms with van der Waals surface area (Å²) in [4.78, 5) is 4.57. The molecule has 2 aromatic carbocycles. The van der Waals surface area contributed by atoms with Crippen LogP contribution in [0.5, 0.6) is 5.75 Å². The maximum atomic E-state index is 9.40. The van der Waals surface area contributed by atoms with E-state index in [1.165, 1.54) is 29.5 Å². The van der Waals surface area contributed by atoms with Gasteiger partial charge in [-0.05, 0) is 68.7 Å². The Morgan fingerprint density at radius 1 is 1.24 bits per heavy atom. The zero-order valence-corrected chi connectivity index (χ0v) is 17.6. The standard InChI is InChI=1S/C21H19N3O2.CH5NS/c1-13(2)25-19-10-9-15(11-16(19)12-22)21-23-20(24-26-21)18-8-4-6-14-5-3-7-17(14)18;1-3-2/h4,6,8-11,13H,3,5,7H2,1-2H3;2H2,1H3. The fourth-order valence-corrected chi connectivity index (χ4v) is 3.39. The van der Waals surface area contributed by atoms with E-state index in [0.29, 0.717) is 28.6 Å². The molecular weight excluding hydrogens is 384 g/mol. The van der Waals surface area contributed by atoms with Crippen molar-refractivity contribution in [3.05, 3.63) is 53.1 Å². The summed E-state index contributed by atoms with van der Waals surface area (Å²) in [7, 11) is 0. The fourth-order valence-electron chi connectivity index (χ4n) is 3.39. The average molecular weight is 409 g/mol. The van der Waals surface area contributed by atoms with Crippen molar-refractivity contribution in [3.8, 4) is 34.7 Å². The molecule has 0 saturated carbocycles. The lowest BCUT2D eigenvalue weighted by molar-refractivity contribution is 0.242. The van der Waals surface area contributed by atoms with E-state index in [4.69, 9.17) is 14.4 Å². The number of hydrogen-bond donors (Lipinski definition) is 1. The van der Waals surface area contributed by atoms with Gasteiger partial charge in [0, 0.05) is 11.1 Å². The van der Waals surface area contributed by atoms with Gasteiger partial charge in [-0.1, -0.05) is 35.3 Å². The predicted octanol–water partition coefficient (Wildman–Crippen LogP) is 4.77. The molecule has 3 aromatic rings. The van der Waals surface area contributed by atoms with Crippen LogP contribution in [0.15, 0.2) is 40.9 Å². The molecule has 0 spiro atoms. The first kappa shape index (κ1) is 20.9. The zero-order valence-electron chi connectivity index (χ0n) is 16.8. The molecule has 0 unspecified atom stereocenters. The van der Waals surface area contributed by atoms with Crippen LogP contribution in [0.3, 0.4) is 0 Å². The minimum atomic E-state index is 0.00290. The van der Waals surface area contributed by atoms with Crippen LogP contribution in [0.25, 0.3) is 22.8 Å². The zero-order chi connectivity index (χ0) is 20.8. The smallest absolute Gasteiger partial charge is 0.258 e. The lowest BCUT2D eigenvalue weighted by Gasteiger charge is -2.11. The minimum Gasteiger partial charge on any atom is -0.490 e. The summed E-state index contributed by atoms with van der Waals surface area (Å²) >= 11 is 1.25. The summed E-state index contributed by atoms with van der Waals surface area (Å²) in [6, 6.07) is 13.8. The van der Waals surface area contributed by atoms with Crippen molar-refractivity contribution in [3.63, 3.8) is 0 Å². The highest BCUT2D eigenvalue weighted by Gasteiger charge is 2.19. The molecule has 150 valence electrons. The van der Waals surface area contributed by atoms with Crippen molar-refractivity contribution in [2.75, 3.05) is 6.26 Å².